The summed E-state index contributed by atoms with van der Waals surface area (Å²) in [7, 11) is -5.39. The van der Waals surface area contributed by atoms with Crippen molar-refractivity contribution in [1.29, 1.82) is 0 Å². The van der Waals surface area contributed by atoms with E-state index >= 15 is 0 Å². The van der Waals surface area contributed by atoms with E-state index in [0.717, 1.165) is 0 Å². The van der Waals surface area contributed by atoms with Gasteiger partial charge in [-0.25, -0.2) is 0 Å². The molecule has 0 rings (SSSR count). The zero-order valence-corrected chi connectivity index (χ0v) is 9.47. The molecule has 6 nitrogen and oxygen atoms in total. The summed E-state index contributed by atoms with van der Waals surface area (Å²) in [6, 6.07) is 0. The van der Waals surface area contributed by atoms with Crippen molar-refractivity contribution in [3.63, 3.8) is 0 Å². The minimum atomic E-state index is -5.39. The van der Waals surface area contributed by atoms with E-state index in [2.05, 4.69) is 0 Å². The first-order valence-corrected chi connectivity index (χ1v) is 2.19. The molecule has 9 heteroatoms. The largest absolute Gasteiger partial charge is 2.00 e. The third-order valence-corrected chi connectivity index (χ3v) is 0. The summed E-state index contributed by atoms with van der Waals surface area (Å²) in [6.45, 7) is 0. The van der Waals surface area contributed by atoms with Crippen molar-refractivity contribution in [2.24, 2.45) is 0 Å². The molecule has 55 valence electrons. The van der Waals surface area contributed by atoms with Crippen LogP contribution in [0, 0.1) is 0 Å². The van der Waals surface area contributed by atoms with Crippen LogP contribution in [-0.2, 0) is 21.3 Å². The molecule has 0 fully saturated rings. The summed E-state index contributed by atoms with van der Waals surface area (Å²) >= 11 is 0. The Balaban J connectivity index is -0.0000000133. The maximum Gasteiger partial charge on any atom is 2.00 e. The quantitative estimate of drug-likeness (QED) is 0.299. The summed E-state index contributed by atoms with van der Waals surface area (Å²) in [5.41, 5.74) is 0. The molecule has 0 aromatic heterocycles. The Hall–Kier alpha value is 2.17. The van der Waals surface area contributed by atoms with Gasteiger partial charge in [-0.2, -0.15) is 7.82 Å². The molecule has 0 aliphatic carbocycles. The van der Waals surface area contributed by atoms with Crippen LogP contribution in [0.3, 0.4) is 0 Å². The van der Waals surface area contributed by atoms with E-state index in [0.29, 0.717) is 0 Å². The average molecular weight is 229 g/mol. The van der Waals surface area contributed by atoms with Crippen LogP contribution < -0.4 is 66.1 Å². The molecule has 0 bridgehead atoms. The van der Waals surface area contributed by atoms with Crippen molar-refractivity contribution in [1.82, 2.24) is 0 Å². The predicted octanol–water partition coefficient (Wildman–Crippen LogP) is -7.47. The number of hydrogen-bond acceptors (Lipinski definition) is 4. The Bertz CT molecular complexity index is 59.2. The first-order chi connectivity index (χ1) is 2.00. The average Bonchev–Trinajstić information content (AvgIpc) is 0.722. The maximum absolute atomic E-state index is 8.55. The number of phosphoric acid groups is 1. The summed E-state index contributed by atoms with van der Waals surface area (Å²) in [6.07, 6.45) is 0. The smallest absolute Gasteiger partial charge is 0.822 e. The van der Waals surface area contributed by atoms with Crippen LogP contribution in [0.1, 0.15) is 0 Å². The standard InChI is InChI=1S/Co.K.H3O4P.2H2O/c;;1-5(2,3)4;;/h;;(H3,1,2,3,4);2*1H2/q+2;+1;;;/p-3. The third-order valence-electron chi connectivity index (χ3n) is 0. The zero-order chi connectivity index (χ0) is 4.50. The van der Waals surface area contributed by atoms with Gasteiger partial charge < -0.3 is 30.2 Å². The molecule has 9 heavy (non-hydrogen) atoms. The van der Waals surface area contributed by atoms with Gasteiger partial charge in [-0.15, -0.1) is 0 Å². The number of rotatable bonds is 0. The van der Waals surface area contributed by atoms with Crippen molar-refractivity contribution >= 4 is 7.82 Å². The second kappa shape index (κ2) is 12.8. The SMILES string of the molecule is O.O.O=P([O-])([O-])[O-].[Co+2].[K+]. The van der Waals surface area contributed by atoms with Crippen molar-refractivity contribution in [2.75, 3.05) is 0 Å². The molecule has 0 saturated carbocycles. The first-order valence-electron chi connectivity index (χ1n) is 0.730. The van der Waals surface area contributed by atoms with Gasteiger partial charge >= 0.3 is 68.2 Å². The third kappa shape index (κ3) is 144. The molecule has 0 aliphatic heterocycles. The van der Waals surface area contributed by atoms with E-state index in [9.17, 15) is 0 Å². The molecule has 1 radical (unpaired) electrons. The molecular weight excluding hydrogens is 225 g/mol. The van der Waals surface area contributed by atoms with E-state index in [4.69, 9.17) is 19.2 Å². The van der Waals surface area contributed by atoms with Crippen molar-refractivity contribution in [3.8, 4) is 0 Å². The Labute approximate surface area is 105 Å². The molecule has 0 spiro atoms. The van der Waals surface area contributed by atoms with Gasteiger partial charge in [0.2, 0.25) is 0 Å². The molecule has 0 aromatic rings. The second-order valence-corrected chi connectivity index (χ2v) is 1.34. The first kappa shape index (κ1) is 30.3. The monoisotopic (exact) mass is 229 g/mol. The van der Waals surface area contributed by atoms with Crippen molar-refractivity contribution < 1.29 is 98.4 Å². The van der Waals surface area contributed by atoms with E-state index in [-0.39, 0.29) is 79.1 Å². The van der Waals surface area contributed by atoms with Crippen LogP contribution in [0.2, 0.25) is 0 Å². The number of hydrogen-bond donors (Lipinski definition) is 0. The molecule has 0 unspecified atom stereocenters. The van der Waals surface area contributed by atoms with E-state index in [1.54, 1.807) is 0 Å². The van der Waals surface area contributed by atoms with Crippen LogP contribution in [0.25, 0.3) is 0 Å². The molecule has 0 aromatic carbocycles. The summed E-state index contributed by atoms with van der Waals surface area (Å²) < 4.78 is 8.55. The Kier molecular flexibility index (Phi) is 43.2. The molecule has 0 amide bonds. The van der Waals surface area contributed by atoms with Gasteiger partial charge in [0.05, 0.1) is 0 Å². The van der Waals surface area contributed by atoms with E-state index in [1.165, 1.54) is 0 Å². The topological polar surface area (TPSA) is 149 Å². The van der Waals surface area contributed by atoms with Gasteiger partial charge in [-0.3, -0.25) is 0 Å². The molecule has 0 heterocycles. The Morgan fingerprint density at radius 3 is 1.00 bits per heavy atom. The van der Waals surface area contributed by atoms with Gasteiger partial charge in [-0.1, -0.05) is 0 Å². The fraction of sp³-hybridized carbons (Fsp3) is 0. The van der Waals surface area contributed by atoms with E-state index in [1.807, 2.05) is 0 Å². The maximum atomic E-state index is 8.55. The Morgan fingerprint density at radius 1 is 1.00 bits per heavy atom. The van der Waals surface area contributed by atoms with Gasteiger partial charge in [-0.05, 0) is 0 Å². The van der Waals surface area contributed by atoms with Gasteiger partial charge in [0.1, 0.15) is 0 Å². The summed E-state index contributed by atoms with van der Waals surface area (Å²) in [4.78, 5) is 25.6. The van der Waals surface area contributed by atoms with Crippen LogP contribution in [-0.4, -0.2) is 11.0 Å². The van der Waals surface area contributed by atoms with Gasteiger partial charge in [0.25, 0.3) is 0 Å². The van der Waals surface area contributed by atoms with Gasteiger partial charge in [0.15, 0.2) is 0 Å². The zero-order valence-electron chi connectivity index (χ0n) is 4.41. The predicted molar refractivity (Wildman–Crippen MR) is 14.8 cm³/mol. The Morgan fingerprint density at radius 2 is 1.00 bits per heavy atom. The van der Waals surface area contributed by atoms with E-state index < -0.39 is 7.82 Å². The summed E-state index contributed by atoms with van der Waals surface area (Å²) in [5.74, 6) is 0. The van der Waals surface area contributed by atoms with Crippen LogP contribution in [0.5, 0.6) is 0 Å². The fourth-order valence-electron chi connectivity index (χ4n) is 0. The molecule has 4 N–H and O–H groups in total. The summed E-state index contributed by atoms with van der Waals surface area (Å²) in [5, 5.41) is 0. The molecule has 0 saturated heterocycles. The second-order valence-electron chi connectivity index (χ2n) is 0.447. The fourth-order valence-corrected chi connectivity index (χ4v) is 0. The molecular formula is H4CoKO6P. The van der Waals surface area contributed by atoms with Crippen molar-refractivity contribution in [2.45, 2.75) is 0 Å². The minimum absolute atomic E-state index is 0. The van der Waals surface area contributed by atoms with Crippen LogP contribution in [0.15, 0.2) is 0 Å². The van der Waals surface area contributed by atoms with Crippen LogP contribution in [0.4, 0.5) is 0 Å². The van der Waals surface area contributed by atoms with Crippen LogP contribution >= 0.6 is 7.82 Å². The minimum Gasteiger partial charge on any atom is -0.822 e. The normalized spacial score (nSPS) is 6.56. The molecule has 0 atom stereocenters. The van der Waals surface area contributed by atoms with Crippen molar-refractivity contribution in [3.05, 3.63) is 0 Å². The van der Waals surface area contributed by atoms with Gasteiger partial charge in [0, 0.05) is 0 Å². The molecule has 0 aliphatic rings.